The number of ketones is 1. The first-order chi connectivity index (χ1) is 14.8. The maximum atomic E-state index is 12.8. The van der Waals surface area contributed by atoms with Gasteiger partial charge in [0.15, 0.2) is 6.10 Å². The average Bonchev–Trinajstić information content (AvgIpc) is 3.13. The van der Waals surface area contributed by atoms with E-state index in [2.05, 4.69) is 20.4 Å². The Morgan fingerprint density at radius 3 is 2.71 bits per heavy atom. The zero-order valence-electron chi connectivity index (χ0n) is 16.8. The van der Waals surface area contributed by atoms with E-state index < -0.39 is 35.8 Å². The molecule has 0 saturated carbocycles. The average molecular weight is 429 g/mol. The largest absolute Gasteiger partial charge is 0.480 e. The Bertz CT molecular complexity index is 1010. The molecule has 31 heavy (non-hydrogen) atoms. The second kappa shape index (κ2) is 11.4. The van der Waals surface area contributed by atoms with Gasteiger partial charge < -0.3 is 31.0 Å². The van der Waals surface area contributed by atoms with Crippen LogP contribution >= 0.6 is 0 Å². The molecular formula is C20H23N5O6. The van der Waals surface area contributed by atoms with E-state index in [0.717, 1.165) is 10.9 Å². The van der Waals surface area contributed by atoms with E-state index in [1.807, 2.05) is 24.3 Å². The maximum Gasteiger partial charge on any atom is 0.326 e. The first-order valence-corrected chi connectivity index (χ1v) is 9.48. The molecule has 11 nitrogen and oxygen atoms in total. The number of hydrogen-bond donors (Lipinski definition) is 4. The molecule has 0 bridgehead atoms. The number of carboxylic acid groups (broad SMARTS) is 1. The van der Waals surface area contributed by atoms with E-state index in [4.69, 9.17) is 10.3 Å². The molecule has 4 N–H and O–H groups in total. The lowest BCUT2D eigenvalue weighted by Gasteiger charge is -2.20. The van der Waals surface area contributed by atoms with Crippen molar-refractivity contribution in [2.45, 2.75) is 31.4 Å². The van der Waals surface area contributed by atoms with Crippen LogP contribution in [0, 0.1) is 0 Å². The van der Waals surface area contributed by atoms with Crippen molar-refractivity contribution in [3.8, 4) is 0 Å². The number of nitrogens with one attached hydrogen (secondary N) is 3. The van der Waals surface area contributed by atoms with Gasteiger partial charge in [-0.2, -0.15) is 4.79 Å². The molecule has 1 heterocycles. The van der Waals surface area contributed by atoms with Gasteiger partial charge in [-0.3, -0.25) is 14.4 Å². The highest BCUT2D eigenvalue weighted by Gasteiger charge is 2.29. The second-order valence-corrected chi connectivity index (χ2v) is 6.72. The molecule has 0 saturated heterocycles. The summed E-state index contributed by atoms with van der Waals surface area (Å²) in [5.74, 6) is -3.43. The lowest BCUT2D eigenvalue weighted by atomic mass is 10.0. The van der Waals surface area contributed by atoms with Crippen LogP contribution in [0.25, 0.3) is 16.4 Å². The van der Waals surface area contributed by atoms with Crippen molar-refractivity contribution < 1.29 is 33.8 Å². The highest BCUT2D eigenvalue weighted by molar-refractivity contribution is 6.25. The molecule has 1 amide bonds. The number of esters is 1. The Balaban J connectivity index is 2.17. The molecule has 0 spiro atoms. The van der Waals surface area contributed by atoms with E-state index in [0.29, 0.717) is 11.8 Å². The van der Waals surface area contributed by atoms with Crippen molar-refractivity contribution in [3.05, 3.63) is 41.6 Å². The zero-order valence-corrected chi connectivity index (χ0v) is 16.8. The number of ether oxygens (including phenoxy) is 1. The van der Waals surface area contributed by atoms with Crippen LogP contribution in [0.2, 0.25) is 0 Å². The fraction of sp³-hybridized carbons (Fsp3) is 0.350. The summed E-state index contributed by atoms with van der Waals surface area (Å²) >= 11 is 0. The number of benzene rings is 1. The second-order valence-electron chi connectivity index (χ2n) is 6.72. The summed E-state index contributed by atoms with van der Waals surface area (Å²) in [4.78, 5) is 53.4. The number of Topliss-reactive ketones (excluding diaryl/α,β-unsaturated/α-hetero) is 1. The molecule has 0 aliphatic rings. The SMILES string of the molecule is CNCC(=O)OC(Cc1c[nH]c2ccccc12)C(=O)N[C@@H](CCC(=O)C=[N+]=[N-])C(=O)O. The monoisotopic (exact) mass is 429 g/mol. The number of H-pyrrole nitrogens is 1. The maximum absolute atomic E-state index is 12.8. The minimum Gasteiger partial charge on any atom is -0.480 e. The van der Waals surface area contributed by atoms with Gasteiger partial charge in [-0.25, -0.2) is 4.79 Å². The van der Waals surface area contributed by atoms with Gasteiger partial charge in [-0.1, -0.05) is 18.2 Å². The molecule has 164 valence electrons. The number of amides is 1. The molecule has 1 unspecified atom stereocenters. The van der Waals surface area contributed by atoms with Crippen molar-refractivity contribution in [3.63, 3.8) is 0 Å². The molecule has 2 atom stereocenters. The first kappa shape index (κ1) is 23.5. The number of nitrogens with zero attached hydrogens (tertiary/aromatic N) is 2. The number of likely N-dealkylation sites (N-methyl/N-ethyl adjacent to an activating group) is 1. The van der Waals surface area contributed by atoms with Gasteiger partial charge >= 0.3 is 18.2 Å². The summed E-state index contributed by atoms with van der Waals surface area (Å²) in [6.45, 7) is -0.130. The molecular weight excluding hydrogens is 406 g/mol. The van der Waals surface area contributed by atoms with Crippen LogP contribution in [0.4, 0.5) is 0 Å². The molecule has 1 aromatic carbocycles. The van der Waals surface area contributed by atoms with Gasteiger partial charge in [-0.15, -0.1) is 0 Å². The number of aromatic amines is 1. The first-order valence-electron chi connectivity index (χ1n) is 9.48. The predicted molar refractivity (Wildman–Crippen MR) is 109 cm³/mol. The van der Waals surface area contributed by atoms with E-state index in [9.17, 15) is 24.3 Å². The van der Waals surface area contributed by atoms with Gasteiger partial charge in [0.05, 0.1) is 6.54 Å². The van der Waals surface area contributed by atoms with Crippen molar-refractivity contribution in [2.75, 3.05) is 13.6 Å². The Kier molecular flexibility index (Phi) is 8.62. The van der Waals surface area contributed by atoms with Gasteiger partial charge in [-0.05, 0) is 25.1 Å². The molecule has 11 heteroatoms. The number of para-hydroxylation sites is 1. The van der Waals surface area contributed by atoms with Crippen molar-refractivity contribution >= 4 is 40.7 Å². The zero-order chi connectivity index (χ0) is 22.8. The van der Waals surface area contributed by atoms with E-state index >= 15 is 0 Å². The third-order valence-electron chi connectivity index (χ3n) is 4.46. The molecule has 0 radical (unpaired) electrons. The normalized spacial score (nSPS) is 12.4. The van der Waals surface area contributed by atoms with Gasteiger partial charge in [0.25, 0.3) is 5.91 Å². The Labute approximate surface area is 177 Å². The fourth-order valence-corrected chi connectivity index (χ4v) is 2.97. The minimum absolute atomic E-state index is 0.0216. The van der Waals surface area contributed by atoms with Crippen LogP contribution in [-0.4, -0.2) is 70.5 Å². The minimum atomic E-state index is -1.39. The smallest absolute Gasteiger partial charge is 0.326 e. The summed E-state index contributed by atoms with van der Waals surface area (Å²) in [6, 6.07) is 5.99. The number of carbonyl (C=O) groups excluding carboxylic acids is 3. The highest BCUT2D eigenvalue weighted by atomic mass is 16.5. The lowest BCUT2D eigenvalue weighted by Crippen LogP contribution is -2.48. The predicted octanol–water partition coefficient (Wildman–Crippen LogP) is 0.0609. The van der Waals surface area contributed by atoms with Gasteiger partial charge in [0.2, 0.25) is 5.78 Å². The van der Waals surface area contributed by atoms with E-state index in [1.165, 1.54) is 0 Å². The number of rotatable bonds is 12. The van der Waals surface area contributed by atoms with E-state index in [-0.39, 0.29) is 25.8 Å². The summed E-state index contributed by atoms with van der Waals surface area (Å²) in [5, 5.41) is 15.2. The quantitative estimate of drug-likeness (QED) is 0.160. The standard InChI is InChI=1S/C20H23N5O6/c1-22-11-18(27)31-17(8-12-9-23-15-5-3-2-4-14(12)15)19(28)25-16(20(29)30)7-6-13(26)10-24-21/h2-5,9-10,16-17,22-23H,6-8,11H2,1H3,(H,25,28)(H,29,30)/t16-,17?/m0/s1. The Hall–Kier alpha value is -3.82. The lowest BCUT2D eigenvalue weighted by molar-refractivity contribution is -0.156. The van der Waals surface area contributed by atoms with Crippen molar-refractivity contribution in [1.82, 2.24) is 15.6 Å². The van der Waals surface area contributed by atoms with Crippen LogP contribution < -0.4 is 10.6 Å². The summed E-state index contributed by atoms with van der Waals surface area (Å²) < 4.78 is 5.28. The number of carbonyl (C=O) groups is 4. The summed E-state index contributed by atoms with van der Waals surface area (Å²) in [7, 11) is 1.54. The highest BCUT2D eigenvalue weighted by Crippen LogP contribution is 2.20. The number of carboxylic acids is 1. The molecule has 2 rings (SSSR count). The molecule has 1 aromatic heterocycles. The van der Waals surface area contributed by atoms with E-state index in [1.54, 1.807) is 13.2 Å². The van der Waals surface area contributed by atoms with Gasteiger partial charge in [0.1, 0.15) is 6.04 Å². The van der Waals surface area contributed by atoms with Crippen LogP contribution in [0.3, 0.4) is 0 Å². The van der Waals surface area contributed by atoms with Crippen molar-refractivity contribution in [2.24, 2.45) is 0 Å². The molecule has 2 aromatic rings. The summed E-state index contributed by atoms with van der Waals surface area (Å²) in [5.41, 5.74) is 9.92. The molecule has 0 fully saturated rings. The molecule has 0 aliphatic carbocycles. The third kappa shape index (κ3) is 6.88. The number of aromatic nitrogens is 1. The van der Waals surface area contributed by atoms with Crippen LogP contribution in [0.5, 0.6) is 0 Å². The number of fused-ring (bicyclic) bond motifs is 1. The Morgan fingerprint density at radius 1 is 1.29 bits per heavy atom. The van der Waals surface area contributed by atoms with Crippen LogP contribution in [0.1, 0.15) is 18.4 Å². The van der Waals surface area contributed by atoms with Crippen molar-refractivity contribution in [1.29, 1.82) is 0 Å². The third-order valence-corrected chi connectivity index (χ3v) is 4.46. The van der Waals surface area contributed by atoms with Gasteiger partial charge in [0, 0.05) is 29.9 Å². The fourth-order valence-electron chi connectivity index (χ4n) is 2.97. The number of aliphatic carboxylic acids is 1. The number of hydrogen-bond acceptors (Lipinski definition) is 6. The van der Waals surface area contributed by atoms with Crippen LogP contribution in [-0.2, 0) is 30.3 Å². The molecule has 0 aliphatic heterocycles. The Morgan fingerprint density at radius 2 is 2.03 bits per heavy atom. The topological polar surface area (TPSA) is 174 Å². The summed E-state index contributed by atoms with van der Waals surface area (Å²) in [6.07, 6.45) is 0.604. The van der Waals surface area contributed by atoms with Crippen LogP contribution in [0.15, 0.2) is 30.5 Å².